The van der Waals surface area contributed by atoms with Crippen molar-refractivity contribution in [1.82, 2.24) is 4.90 Å². The molecule has 9 heteroatoms. The number of likely N-dealkylation sites (N-methyl/N-ethyl adjacent to an activating group) is 1. The predicted molar refractivity (Wildman–Crippen MR) is 118 cm³/mol. The molecule has 0 amide bonds. The molecular formula is C25H29NO8. The standard InChI is InChI=1S/C25H29NO8/c1-13-19-16-10-15(24(29)31-16)20(26(3)4)21(22-25(2,34-22)11-17(19)32-23(13)28)33-18(27)12-30-14-8-6-5-7-9-14/h5-10,13,16-17,19-22H,11-12H2,1-4H3/t13?,16-,17+,19+,20+,21-,22+,25+/m1/s1. The molecule has 182 valence electrons. The van der Waals surface area contributed by atoms with Crippen LogP contribution in [0.15, 0.2) is 42.0 Å². The smallest absolute Gasteiger partial charge is 0.344 e. The SMILES string of the molecule is CC1C(=O)O[C@H]2C[C@]3(C)O[C@H]3[C@H](OC(=O)COc3ccccc3)[C@@H](N(C)C)C3=C[C@@H](OC3=O)[C@H]12. The molecule has 1 aromatic carbocycles. The highest BCUT2D eigenvalue weighted by Crippen LogP contribution is 2.51. The number of carbonyl (C=O) groups excluding carboxylic acids is 3. The summed E-state index contributed by atoms with van der Waals surface area (Å²) >= 11 is 0. The van der Waals surface area contributed by atoms with E-state index in [9.17, 15) is 14.4 Å². The number of para-hydroxylation sites is 1. The highest BCUT2D eigenvalue weighted by atomic mass is 16.7. The molecule has 2 saturated heterocycles. The first-order chi connectivity index (χ1) is 16.2. The molecule has 0 aromatic heterocycles. The summed E-state index contributed by atoms with van der Waals surface area (Å²) in [5.41, 5.74) is -0.283. The molecule has 5 rings (SSSR count). The fourth-order valence-electron chi connectivity index (χ4n) is 5.49. The van der Waals surface area contributed by atoms with Gasteiger partial charge >= 0.3 is 17.9 Å². The Morgan fingerprint density at radius 3 is 2.62 bits per heavy atom. The van der Waals surface area contributed by atoms with Gasteiger partial charge in [-0.2, -0.15) is 0 Å². The quantitative estimate of drug-likeness (QED) is 0.359. The molecule has 3 heterocycles. The summed E-state index contributed by atoms with van der Waals surface area (Å²) in [6, 6.07) is 8.39. The Labute approximate surface area is 197 Å². The molecule has 0 saturated carbocycles. The summed E-state index contributed by atoms with van der Waals surface area (Å²) in [4.78, 5) is 40.0. The fraction of sp³-hybridized carbons (Fsp3) is 0.560. The summed E-state index contributed by atoms with van der Waals surface area (Å²) in [5.74, 6) is -1.51. The van der Waals surface area contributed by atoms with Crippen molar-refractivity contribution in [2.75, 3.05) is 20.7 Å². The van der Waals surface area contributed by atoms with Crippen LogP contribution in [0.3, 0.4) is 0 Å². The van der Waals surface area contributed by atoms with Crippen LogP contribution in [-0.4, -0.2) is 79.6 Å². The average molecular weight is 472 g/mol. The molecule has 0 spiro atoms. The molecule has 3 aliphatic heterocycles. The predicted octanol–water partition coefficient (Wildman–Crippen LogP) is 1.50. The molecule has 4 aliphatic rings. The molecule has 0 radical (unpaired) electrons. The Hall–Kier alpha value is -2.91. The molecule has 1 aliphatic carbocycles. The zero-order valence-corrected chi connectivity index (χ0v) is 19.6. The van der Waals surface area contributed by atoms with Gasteiger partial charge in [0.05, 0.1) is 23.1 Å². The Balaban J connectivity index is 1.44. The van der Waals surface area contributed by atoms with E-state index >= 15 is 0 Å². The molecule has 1 unspecified atom stereocenters. The van der Waals surface area contributed by atoms with E-state index in [-0.39, 0.29) is 18.5 Å². The van der Waals surface area contributed by atoms with Crippen molar-refractivity contribution in [2.45, 2.75) is 56.3 Å². The summed E-state index contributed by atoms with van der Waals surface area (Å²) < 4.78 is 28.9. The van der Waals surface area contributed by atoms with Gasteiger partial charge in [0.2, 0.25) is 0 Å². The monoisotopic (exact) mass is 471 g/mol. The van der Waals surface area contributed by atoms with Crippen LogP contribution in [0.5, 0.6) is 5.75 Å². The molecule has 0 N–H and O–H groups in total. The van der Waals surface area contributed by atoms with Gasteiger partial charge in [0.15, 0.2) is 12.7 Å². The largest absolute Gasteiger partial charge is 0.482 e. The van der Waals surface area contributed by atoms with Crippen molar-refractivity contribution in [3.8, 4) is 5.75 Å². The highest BCUT2D eigenvalue weighted by molar-refractivity contribution is 5.93. The fourth-order valence-corrected chi connectivity index (χ4v) is 5.49. The number of ether oxygens (including phenoxy) is 5. The van der Waals surface area contributed by atoms with Gasteiger partial charge in [-0.3, -0.25) is 9.69 Å². The second-order valence-corrected chi connectivity index (χ2v) is 9.85. The molecule has 9 nitrogen and oxygen atoms in total. The van der Waals surface area contributed by atoms with Crippen LogP contribution in [0, 0.1) is 11.8 Å². The first kappa shape index (κ1) is 22.9. The van der Waals surface area contributed by atoms with Crippen LogP contribution in [0.2, 0.25) is 0 Å². The van der Waals surface area contributed by atoms with Crippen LogP contribution in [-0.2, 0) is 33.3 Å². The number of hydrogen-bond acceptors (Lipinski definition) is 9. The maximum Gasteiger partial charge on any atom is 0.344 e. The van der Waals surface area contributed by atoms with Gasteiger partial charge in [0, 0.05) is 12.3 Å². The lowest BCUT2D eigenvalue weighted by atomic mass is 9.79. The Bertz CT molecular complexity index is 1020. The third-order valence-corrected chi connectivity index (χ3v) is 7.25. The highest BCUT2D eigenvalue weighted by Gasteiger charge is 2.65. The van der Waals surface area contributed by atoms with Crippen molar-refractivity contribution in [2.24, 2.45) is 11.8 Å². The zero-order chi connectivity index (χ0) is 24.2. The van der Waals surface area contributed by atoms with Crippen LogP contribution in [0.4, 0.5) is 0 Å². The number of carbonyl (C=O) groups is 3. The number of benzene rings is 1. The molecule has 1 aromatic rings. The van der Waals surface area contributed by atoms with E-state index in [4.69, 9.17) is 23.7 Å². The molecule has 2 bridgehead atoms. The third kappa shape index (κ3) is 3.96. The van der Waals surface area contributed by atoms with Crippen molar-refractivity contribution in [3.05, 3.63) is 42.0 Å². The summed E-state index contributed by atoms with van der Waals surface area (Å²) in [5, 5.41) is 0. The van der Waals surface area contributed by atoms with Crippen molar-refractivity contribution >= 4 is 17.9 Å². The van der Waals surface area contributed by atoms with Gasteiger partial charge in [-0.1, -0.05) is 25.1 Å². The number of nitrogens with zero attached hydrogens (tertiary/aromatic N) is 1. The first-order valence-electron chi connectivity index (χ1n) is 11.5. The summed E-state index contributed by atoms with van der Waals surface area (Å²) in [6.07, 6.45) is -0.135. The average Bonchev–Trinajstić information content (AvgIpc) is 3.19. The Morgan fingerprint density at radius 1 is 1.18 bits per heavy atom. The van der Waals surface area contributed by atoms with E-state index in [1.54, 1.807) is 25.1 Å². The molecular weight excluding hydrogens is 442 g/mol. The lowest BCUT2D eigenvalue weighted by Gasteiger charge is -2.32. The van der Waals surface area contributed by atoms with E-state index in [1.165, 1.54) is 0 Å². The topological polar surface area (TPSA) is 104 Å². The lowest BCUT2D eigenvalue weighted by Crippen LogP contribution is -2.49. The molecule has 2 fully saturated rings. The van der Waals surface area contributed by atoms with Gasteiger partial charge < -0.3 is 23.7 Å². The molecule has 8 atom stereocenters. The maximum absolute atomic E-state index is 13.0. The van der Waals surface area contributed by atoms with Gasteiger partial charge in [-0.15, -0.1) is 0 Å². The van der Waals surface area contributed by atoms with Gasteiger partial charge in [0.25, 0.3) is 0 Å². The van der Waals surface area contributed by atoms with Crippen molar-refractivity contribution < 1.29 is 38.1 Å². The Kier molecular flexibility index (Phi) is 5.64. The van der Waals surface area contributed by atoms with E-state index in [0.29, 0.717) is 17.7 Å². The van der Waals surface area contributed by atoms with Gasteiger partial charge in [-0.25, -0.2) is 9.59 Å². The van der Waals surface area contributed by atoms with Gasteiger partial charge in [0.1, 0.15) is 24.1 Å². The van der Waals surface area contributed by atoms with Crippen molar-refractivity contribution in [1.29, 1.82) is 0 Å². The molecule has 34 heavy (non-hydrogen) atoms. The second-order valence-electron chi connectivity index (χ2n) is 9.85. The number of esters is 3. The van der Waals surface area contributed by atoms with E-state index < -0.39 is 53.9 Å². The van der Waals surface area contributed by atoms with Crippen molar-refractivity contribution in [3.63, 3.8) is 0 Å². The minimum Gasteiger partial charge on any atom is -0.482 e. The van der Waals surface area contributed by atoms with Crippen LogP contribution >= 0.6 is 0 Å². The minimum absolute atomic E-state index is 0.282. The number of hydrogen-bond donors (Lipinski definition) is 0. The van der Waals surface area contributed by atoms with E-state index in [1.807, 2.05) is 44.1 Å². The minimum atomic E-state index is -0.782. The summed E-state index contributed by atoms with van der Waals surface area (Å²) in [7, 11) is 3.62. The van der Waals surface area contributed by atoms with E-state index in [0.717, 1.165) is 0 Å². The third-order valence-electron chi connectivity index (χ3n) is 7.25. The van der Waals surface area contributed by atoms with E-state index in [2.05, 4.69) is 0 Å². The van der Waals surface area contributed by atoms with Gasteiger partial charge in [-0.05, 0) is 39.2 Å². The van der Waals surface area contributed by atoms with Crippen LogP contribution < -0.4 is 4.74 Å². The summed E-state index contributed by atoms with van der Waals surface area (Å²) in [6.45, 7) is 3.43. The normalized spacial score (nSPS) is 38.3. The maximum atomic E-state index is 13.0. The first-order valence-corrected chi connectivity index (χ1v) is 11.5. The number of epoxide rings is 1. The Morgan fingerprint density at radius 2 is 1.91 bits per heavy atom. The number of fused-ring (bicyclic) bond motifs is 4. The van der Waals surface area contributed by atoms with Crippen LogP contribution in [0.25, 0.3) is 0 Å². The second kappa shape index (κ2) is 8.39. The van der Waals surface area contributed by atoms with Crippen LogP contribution in [0.1, 0.15) is 20.3 Å². The zero-order valence-electron chi connectivity index (χ0n) is 19.6. The lowest BCUT2D eigenvalue weighted by molar-refractivity contribution is -0.156. The number of rotatable bonds is 5.